The Morgan fingerprint density at radius 1 is 1.26 bits per heavy atom. The average molecular weight is 274 g/mol. The van der Waals surface area contributed by atoms with Crippen LogP contribution in [-0.2, 0) is 9.84 Å². The molecule has 3 atom stereocenters. The molecule has 2 nitrogen and oxygen atoms in total. The minimum absolute atomic E-state index is 0.0835. The summed E-state index contributed by atoms with van der Waals surface area (Å²) < 4.78 is 25.4. The van der Waals surface area contributed by atoms with Gasteiger partial charge in [0.1, 0.15) is 4.75 Å². The molecule has 0 aliphatic heterocycles. The van der Waals surface area contributed by atoms with E-state index in [-0.39, 0.29) is 11.8 Å². The van der Waals surface area contributed by atoms with Crippen molar-refractivity contribution in [2.24, 2.45) is 11.8 Å². The smallest absolute Gasteiger partial charge is 0.188 e. The lowest BCUT2D eigenvalue weighted by Crippen LogP contribution is -2.43. The Hall–Kier alpha value is -1.35. The van der Waals surface area contributed by atoms with Crippen LogP contribution < -0.4 is 0 Å². The lowest BCUT2D eigenvalue weighted by molar-refractivity contribution is 0.482. The summed E-state index contributed by atoms with van der Waals surface area (Å²) in [4.78, 5) is 0.416. The highest BCUT2D eigenvalue weighted by molar-refractivity contribution is 7.93. The maximum atomic E-state index is 13.1. The lowest BCUT2D eigenvalue weighted by atomic mass is 9.86. The van der Waals surface area contributed by atoms with Crippen molar-refractivity contribution < 1.29 is 8.42 Å². The summed E-state index contributed by atoms with van der Waals surface area (Å²) in [5.74, 6) is 0.323. The highest BCUT2D eigenvalue weighted by atomic mass is 32.2. The van der Waals surface area contributed by atoms with Crippen LogP contribution >= 0.6 is 0 Å². The van der Waals surface area contributed by atoms with E-state index in [4.69, 9.17) is 0 Å². The molecule has 0 N–H and O–H groups in total. The van der Waals surface area contributed by atoms with Crippen LogP contribution in [0.2, 0.25) is 0 Å². The fourth-order valence-corrected chi connectivity index (χ4v) is 6.10. The minimum Gasteiger partial charge on any atom is -0.223 e. The molecule has 0 saturated heterocycles. The maximum absolute atomic E-state index is 13.1. The SMILES string of the molecule is C=C1[C@@H]2C=C[C@@H](C2)[C@@]1(CC)S(=O)(=O)c1ccccc1. The van der Waals surface area contributed by atoms with Crippen molar-refractivity contribution in [2.45, 2.75) is 29.4 Å². The third kappa shape index (κ3) is 1.45. The normalized spacial score (nSPS) is 33.0. The quantitative estimate of drug-likeness (QED) is 0.792. The molecule has 0 spiro atoms. The molecular weight excluding hydrogens is 256 g/mol. The fourth-order valence-electron chi connectivity index (χ4n) is 3.72. The molecule has 0 amide bonds. The van der Waals surface area contributed by atoms with Crippen LogP contribution in [0.15, 0.2) is 59.5 Å². The van der Waals surface area contributed by atoms with Gasteiger partial charge < -0.3 is 0 Å². The molecule has 0 aromatic heterocycles. The van der Waals surface area contributed by atoms with Gasteiger partial charge >= 0.3 is 0 Å². The minimum atomic E-state index is -3.38. The second-order valence-corrected chi connectivity index (χ2v) is 7.63. The van der Waals surface area contributed by atoms with Crippen molar-refractivity contribution in [2.75, 3.05) is 0 Å². The van der Waals surface area contributed by atoms with Crippen molar-refractivity contribution in [3.8, 4) is 0 Å². The van der Waals surface area contributed by atoms with Gasteiger partial charge in [0.05, 0.1) is 4.90 Å². The molecule has 1 aromatic rings. The van der Waals surface area contributed by atoms with Crippen molar-refractivity contribution >= 4 is 9.84 Å². The highest BCUT2D eigenvalue weighted by Gasteiger charge is 2.58. The summed E-state index contributed by atoms with van der Waals surface area (Å²) >= 11 is 0. The van der Waals surface area contributed by atoms with Crippen LogP contribution in [0.1, 0.15) is 19.8 Å². The van der Waals surface area contributed by atoms with Gasteiger partial charge in [0.2, 0.25) is 0 Å². The van der Waals surface area contributed by atoms with Gasteiger partial charge in [-0.3, -0.25) is 0 Å². The maximum Gasteiger partial charge on any atom is 0.188 e. The predicted molar refractivity (Wildman–Crippen MR) is 76.5 cm³/mol. The van der Waals surface area contributed by atoms with Gasteiger partial charge in [0.25, 0.3) is 0 Å². The number of fused-ring (bicyclic) bond motifs is 2. The molecule has 3 heteroatoms. The van der Waals surface area contributed by atoms with Crippen LogP contribution in [0, 0.1) is 11.8 Å². The van der Waals surface area contributed by atoms with Crippen molar-refractivity contribution in [1.29, 1.82) is 0 Å². The first-order chi connectivity index (χ1) is 9.04. The number of hydrogen-bond acceptors (Lipinski definition) is 2. The van der Waals surface area contributed by atoms with E-state index in [1.165, 1.54) is 0 Å². The molecule has 1 aromatic carbocycles. The highest BCUT2D eigenvalue weighted by Crippen LogP contribution is 2.56. The first-order valence-corrected chi connectivity index (χ1v) is 8.19. The molecule has 0 heterocycles. The van der Waals surface area contributed by atoms with Gasteiger partial charge in [-0.2, -0.15) is 0 Å². The van der Waals surface area contributed by atoms with Crippen LogP contribution in [0.25, 0.3) is 0 Å². The summed E-state index contributed by atoms with van der Waals surface area (Å²) in [6.45, 7) is 6.08. The number of hydrogen-bond donors (Lipinski definition) is 0. The summed E-state index contributed by atoms with van der Waals surface area (Å²) in [6.07, 6.45) is 5.68. The Kier molecular flexibility index (Phi) is 2.72. The van der Waals surface area contributed by atoms with Gasteiger partial charge in [-0.1, -0.05) is 43.9 Å². The molecular formula is C16H18O2S. The Morgan fingerprint density at radius 2 is 1.95 bits per heavy atom. The van der Waals surface area contributed by atoms with Crippen LogP contribution in [-0.4, -0.2) is 13.2 Å². The first-order valence-electron chi connectivity index (χ1n) is 6.71. The number of sulfone groups is 1. The summed E-state index contributed by atoms with van der Waals surface area (Å²) in [6, 6.07) is 8.78. The number of benzene rings is 1. The van der Waals surface area contributed by atoms with E-state index in [0.717, 1.165) is 12.0 Å². The molecule has 3 rings (SSSR count). The first kappa shape index (κ1) is 12.7. The lowest BCUT2D eigenvalue weighted by Gasteiger charge is -2.35. The molecule has 1 saturated carbocycles. The second kappa shape index (κ2) is 4.07. The largest absolute Gasteiger partial charge is 0.223 e. The Bertz CT molecular complexity index is 643. The van der Waals surface area contributed by atoms with E-state index < -0.39 is 14.6 Å². The Labute approximate surface area is 114 Å². The van der Waals surface area contributed by atoms with E-state index in [9.17, 15) is 8.42 Å². The zero-order valence-corrected chi connectivity index (χ0v) is 11.9. The van der Waals surface area contributed by atoms with Gasteiger partial charge in [-0.05, 0) is 36.5 Å². The van der Waals surface area contributed by atoms with Crippen LogP contribution in [0.3, 0.4) is 0 Å². The number of rotatable bonds is 3. The van der Waals surface area contributed by atoms with Crippen molar-refractivity contribution in [1.82, 2.24) is 0 Å². The fraction of sp³-hybridized carbons (Fsp3) is 0.375. The third-order valence-corrected chi connectivity index (χ3v) is 7.44. The summed E-state index contributed by atoms with van der Waals surface area (Å²) in [5, 5.41) is 0. The standard InChI is InChI=1S/C16H18O2S/c1-3-16(12(2)13-9-10-14(16)11-13)19(17,18)15-7-5-4-6-8-15/h4-10,13-14H,2-3,11H2,1H3/t13-,14+,16+/m1/s1. The molecule has 2 bridgehead atoms. The monoisotopic (exact) mass is 274 g/mol. The van der Waals surface area contributed by atoms with Crippen LogP contribution in [0.4, 0.5) is 0 Å². The van der Waals surface area contributed by atoms with Gasteiger partial charge in [0.15, 0.2) is 9.84 Å². The van der Waals surface area contributed by atoms with Gasteiger partial charge in [0, 0.05) is 5.92 Å². The Balaban J connectivity index is 2.19. The molecule has 2 aliphatic carbocycles. The zero-order valence-electron chi connectivity index (χ0n) is 11.0. The van der Waals surface area contributed by atoms with E-state index >= 15 is 0 Å². The average Bonchev–Trinajstić information content (AvgIpc) is 3.00. The number of allylic oxidation sites excluding steroid dienone is 2. The van der Waals surface area contributed by atoms with Crippen molar-refractivity contribution in [3.05, 3.63) is 54.6 Å². The van der Waals surface area contributed by atoms with E-state index in [1.807, 2.05) is 13.0 Å². The van der Waals surface area contributed by atoms with E-state index in [2.05, 4.69) is 18.7 Å². The van der Waals surface area contributed by atoms with E-state index in [1.54, 1.807) is 24.3 Å². The molecule has 1 fully saturated rings. The summed E-state index contributed by atoms with van der Waals surface area (Å²) in [7, 11) is -3.38. The molecule has 100 valence electrons. The van der Waals surface area contributed by atoms with Gasteiger partial charge in [-0.15, -0.1) is 0 Å². The molecule has 0 unspecified atom stereocenters. The predicted octanol–water partition coefficient (Wildman–Crippen LogP) is 3.37. The molecule has 0 radical (unpaired) electrons. The van der Waals surface area contributed by atoms with E-state index in [0.29, 0.717) is 11.3 Å². The Morgan fingerprint density at radius 3 is 2.47 bits per heavy atom. The van der Waals surface area contributed by atoms with Crippen LogP contribution in [0.5, 0.6) is 0 Å². The topological polar surface area (TPSA) is 34.1 Å². The summed E-state index contributed by atoms with van der Waals surface area (Å²) in [5.41, 5.74) is 0.881. The molecule has 19 heavy (non-hydrogen) atoms. The van der Waals surface area contributed by atoms with Gasteiger partial charge in [-0.25, -0.2) is 8.42 Å². The third-order valence-electron chi connectivity index (χ3n) is 4.73. The zero-order chi connectivity index (χ0) is 13.7. The second-order valence-electron chi connectivity index (χ2n) is 5.42. The molecule has 2 aliphatic rings. The van der Waals surface area contributed by atoms with Crippen molar-refractivity contribution in [3.63, 3.8) is 0 Å².